The second-order valence-electron chi connectivity index (χ2n) is 4.99. The lowest BCUT2D eigenvalue weighted by Crippen LogP contribution is -2.16. The highest BCUT2D eigenvalue weighted by Crippen LogP contribution is 2.19. The molecular formula is C17H19NO. The maximum atomic E-state index is 5.87. The minimum absolute atomic E-state index is 0.383. The van der Waals surface area contributed by atoms with Gasteiger partial charge in [-0.05, 0) is 29.7 Å². The lowest BCUT2D eigenvalue weighted by atomic mass is 10.0. The Morgan fingerprint density at radius 3 is 2.37 bits per heavy atom. The van der Waals surface area contributed by atoms with Crippen LogP contribution in [0.1, 0.15) is 12.0 Å². The van der Waals surface area contributed by atoms with Crippen molar-refractivity contribution < 1.29 is 4.74 Å². The zero-order valence-corrected chi connectivity index (χ0v) is 11.0. The van der Waals surface area contributed by atoms with Crippen molar-refractivity contribution in [1.29, 1.82) is 0 Å². The number of benzene rings is 2. The molecule has 1 atom stereocenters. The summed E-state index contributed by atoms with van der Waals surface area (Å²) in [5.74, 6) is 0. The Kier molecular flexibility index (Phi) is 3.92. The topological polar surface area (TPSA) is 21.3 Å². The lowest BCUT2D eigenvalue weighted by molar-refractivity contribution is 0.0542. The number of nitrogens with one attached hydrogen (secondary N) is 1. The average Bonchev–Trinajstić information content (AvgIpc) is 3.00. The van der Waals surface area contributed by atoms with E-state index in [1.54, 1.807) is 0 Å². The summed E-state index contributed by atoms with van der Waals surface area (Å²) in [6.45, 7) is 2.78. The fraction of sp³-hybridized carbons (Fsp3) is 0.294. The normalized spacial score (nSPS) is 18.6. The van der Waals surface area contributed by atoms with E-state index in [0.717, 1.165) is 19.5 Å². The summed E-state index contributed by atoms with van der Waals surface area (Å²) in [6, 6.07) is 19.1. The minimum atomic E-state index is 0.383. The van der Waals surface area contributed by atoms with Gasteiger partial charge in [-0.2, -0.15) is 0 Å². The monoisotopic (exact) mass is 253 g/mol. The third-order valence-electron chi connectivity index (χ3n) is 3.56. The molecule has 1 aliphatic rings. The summed E-state index contributed by atoms with van der Waals surface area (Å²) in [5, 5.41) is 3.31. The molecule has 98 valence electrons. The van der Waals surface area contributed by atoms with E-state index >= 15 is 0 Å². The maximum absolute atomic E-state index is 5.87. The van der Waals surface area contributed by atoms with Gasteiger partial charge in [0, 0.05) is 6.54 Å². The predicted molar refractivity (Wildman–Crippen MR) is 77.9 cm³/mol. The highest BCUT2D eigenvalue weighted by atomic mass is 16.5. The van der Waals surface area contributed by atoms with Crippen LogP contribution in [0.15, 0.2) is 54.6 Å². The Hall–Kier alpha value is -1.64. The van der Waals surface area contributed by atoms with Gasteiger partial charge in [-0.25, -0.2) is 0 Å². The molecule has 0 radical (unpaired) electrons. The SMILES string of the molecule is c1ccc(-c2ccc(CO[C@H]3CCNC3)cc2)cc1. The molecule has 0 bridgehead atoms. The minimum Gasteiger partial charge on any atom is -0.372 e. The molecule has 0 saturated carbocycles. The summed E-state index contributed by atoms with van der Waals surface area (Å²) in [6.07, 6.45) is 1.51. The molecule has 0 amide bonds. The molecule has 1 saturated heterocycles. The van der Waals surface area contributed by atoms with Crippen molar-refractivity contribution in [3.63, 3.8) is 0 Å². The summed E-state index contributed by atoms with van der Waals surface area (Å²) >= 11 is 0. The predicted octanol–water partition coefficient (Wildman–Crippen LogP) is 3.23. The highest BCUT2D eigenvalue weighted by Gasteiger charge is 2.14. The second-order valence-corrected chi connectivity index (χ2v) is 4.99. The quantitative estimate of drug-likeness (QED) is 0.903. The fourth-order valence-corrected chi connectivity index (χ4v) is 2.41. The molecule has 1 heterocycles. The fourth-order valence-electron chi connectivity index (χ4n) is 2.41. The van der Waals surface area contributed by atoms with E-state index in [2.05, 4.69) is 53.8 Å². The van der Waals surface area contributed by atoms with Gasteiger partial charge in [0.05, 0.1) is 12.7 Å². The van der Waals surface area contributed by atoms with Crippen molar-refractivity contribution in [1.82, 2.24) is 5.32 Å². The molecule has 0 unspecified atom stereocenters. The van der Waals surface area contributed by atoms with Gasteiger partial charge in [-0.1, -0.05) is 54.6 Å². The van der Waals surface area contributed by atoms with Crippen LogP contribution in [-0.2, 0) is 11.3 Å². The second kappa shape index (κ2) is 6.00. The molecule has 3 rings (SSSR count). The van der Waals surface area contributed by atoms with E-state index in [1.807, 2.05) is 6.07 Å². The van der Waals surface area contributed by atoms with Gasteiger partial charge in [-0.3, -0.25) is 0 Å². The molecule has 1 aliphatic heterocycles. The van der Waals surface area contributed by atoms with Crippen molar-refractivity contribution in [3.8, 4) is 11.1 Å². The first kappa shape index (κ1) is 12.4. The Morgan fingerprint density at radius 1 is 0.947 bits per heavy atom. The Bertz CT molecular complexity index is 501. The van der Waals surface area contributed by atoms with Crippen molar-refractivity contribution >= 4 is 0 Å². The zero-order chi connectivity index (χ0) is 12.9. The average molecular weight is 253 g/mol. The third kappa shape index (κ3) is 3.22. The van der Waals surface area contributed by atoms with E-state index < -0.39 is 0 Å². The number of rotatable bonds is 4. The molecule has 2 nitrogen and oxygen atoms in total. The van der Waals surface area contributed by atoms with Crippen molar-refractivity contribution in [2.45, 2.75) is 19.1 Å². The van der Waals surface area contributed by atoms with Crippen LogP contribution < -0.4 is 5.32 Å². The standard InChI is InChI=1S/C17H19NO/c1-2-4-15(5-3-1)16-8-6-14(7-9-16)13-19-17-10-11-18-12-17/h1-9,17-18H,10-13H2/t17-/m0/s1. The van der Waals surface area contributed by atoms with E-state index in [0.29, 0.717) is 12.7 Å². The van der Waals surface area contributed by atoms with Crippen LogP contribution in [0.5, 0.6) is 0 Å². The van der Waals surface area contributed by atoms with Crippen LogP contribution in [-0.4, -0.2) is 19.2 Å². The third-order valence-corrected chi connectivity index (χ3v) is 3.56. The first-order valence-electron chi connectivity index (χ1n) is 6.88. The first-order valence-corrected chi connectivity index (χ1v) is 6.88. The van der Waals surface area contributed by atoms with Crippen LogP contribution >= 0.6 is 0 Å². The molecule has 1 N–H and O–H groups in total. The van der Waals surface area contributed by atoms with Crippen LogP contribution in [0.4, 0.5) is 0 Å². The van der Waals surface area contributed by atoms with E-state index in [9.17, 15) is 0 Å². The van der Waals surface area contributed by atoms with Crippen molar-refractivity contribution in [3.05, 3.63) is 60.2 Å². The largest absolute Gasteiger partial charge is 0.372 e. The zero-order valence-electron chi connectivity index (χ0n) is 11.0. The molecule has 1 fully saturated rings. The van der Waals surface area contributed by atoms with Gasteiger partial charge >= 0.3 is 0 Å². The summed E-state index contributed by atoms with van der Waals surface area (Å²) in [5.41, 5.74) is 3.76. The van der Waals surface area contributed by atoms with Gasteiger partial charge in [-0.15, -0.1) is 0 Å². The molecule has 2 aromatic rings. The number of hydrogen-bond acceptors (Lipinski definition) is 2. The highest BCUT2D eigenvalue weighted by molar-refractivity contribution is 5.63. The first-order chi connectivity index (χ1) is 9.42. The summed E-state index contributed by atoms with van der Waals surface area (Å²) in [7, 11) is 0. The van der Waals surface area contributed by atoms with Crippen LogP contribution in [0.2, 0.25) is 0 Å². The molecular weight excluding hydrogens is 234 g/mol. The van der Waals surface area contributed by atoms with Gasteiger partial charge in [0.2, 0.25) is 0 Å². The van der Waals surface area contributed by atoms with Gasteiger partial charge < -0.3 is 10.1 Å². The summed E-state index contributed by atoms with van der Waals surface area (Å²) in [4.78, 5) is 0. The molecule has 0 aromatic heterocycles. The van der Waals surface area contributed by atoms with Gasteiger partial charge in [0.1, 0.15) is 0 Å². The Balaban J connectivity index is 1.62. The molecule has 0 spiro atoms. The van der Waals surface area contributed by atoms with Crippen molar-refractivity contribution in [2.24, 2.45) is 0 Å². The van der Waals surface area contributed by atoms with Crippen LogP contribution in [0.3, 0.4) is 0 Å². The van der Waals surface area contributed by atoms with Crippen molar-refractivity contribution in [2.75, 3.05) is 13.1 Å². The van der Waals surface area contributed by atoms with E-state index in [1.165, 1.54) is 16.7 Å². The van der Waals surface area contributed by atoms with E-state index in [4.69, 9.17) is 4.74 Å². The number of ether oxygens (including phenoxy) is 1. The number of hydrogen-bond donors (Lipinski definition) is 1. The Morgan fingerprint density at radius 2 is 1.68 bits per heavy atom. The van der Waals surface area contributed by atoms with Crippen LogP contribution in [0, 0.1) is 0 Å². The Labute approximate surface area is 114 Å². The lowest BCUT2D eigenvalue weighted by Gasteiger charge is -2.10. The summed E-state index contributed by atoms with van der Waals surface area (Å²) < 4.78 is 5.87. The van der Waals surface area contributed by atoms with E-state index in [-0.39, 0.29) is 0 Å². The smallest absolute Gasteiger partial charge is 0.0721 e. The maximum Gasteiger partial charge on any atom is 0.0721 e. The molecule has 19 heavy (non-hydrogen) atoms. The van der Waals surface area contributed by atoms with Gasteiger partial charge in [0.25, 0.3) is 0 Å². The molecule has 2 heteroatoms. The molecule has 0 aliphatic carbocycles. The molecule has 2 aromatic carbocycles. The van der Waals surface area contributed by atoms with Crippen LogP contribution in [0.25, 0.3) is 11.1 Å². The van der Waals surface area contributed by atoms with Gasteiger partial charge in [0.15, 0.2) is 0 Å².